The predicted molar refractivity (Wildman–Crippen MR) is 71.9 cm³/mol. The van der Waals surface area contributed by atoms with E-state index in [0.29, 0.717) is 18.9 Å². The smallest absolute Gasteiger partial charge is 0.255 e. The van der Waals surface area contributed by atoms with Crippen molar-refractivity contribution in [1.82, 2.24) is 5.32 Å². The molecule has 1 amide bonds. The minimum Gasteiger partial charge on any atom is -0.507 e. The molecule has 1 aromatic carbocycles. The highest BCUT2D eigenvalue weighted by Gasteiger charge is 2.32. The van der Waals surface area contributed by atoms with Gasteiger partial charge in [-0.3, -0.25) is 4.79 Å². The minimum atomic E-state index is -0.618. The Hall–Kier alpha value is -1.79. The molecule has 0 spiro atoms. The summed E-state index contributed by atoms with van der Waals surface area (Å²) in [6.07, 6.45) is -0.193. The van der Waals surface area contributed by atoms with Gasteiger partial charge in [-0.05, 0) is 32.0 Å². The van der Waals surface area contributed by atoms with Gasteiger partial charge in [0.25, 0.3) is 5.91 Å². The summed E-state index contributed by atoms with van der Waals surface area (Å²) in [7, 11) is 1.50. The van der Waals surface area contributed by atoms with E-state index in [4.69, 9.17) is 14.2 Å². The number of hydrogen-bond acceptors (Lipinski definition) is 5. The molecule has 0 aliphatic carbocycles. The van der Waals surface area contributed by atoms with Crippen LogP contribution in [0.1, 0.15) is 24.2 Å². The summed E-state index contributed by atoms with van der Waals surface area (Å²) in [6, 6.07) is 4.50. The summed E-state index contributed by atoms with van der Waals surface area (Å²) >= 11 is 0. The number of nitrogens with one attached hydrogen (secondary N) is 1. The molecule has 0 aromatic heterocycles. The summed E-state index contributed by atoms with van der Waals surface area (Å²) in [6.45, 7) is 4.39. The Labute approximate surface area is 117 Å². The van der Waals surface area contributed by atoms with E-state index in [1.54, 1.807) is 6.07 Å². The molecule has 1 unspecified atom stereocenters. The molecule has 0 bridgehead atoms. The van der Waals surface area contributed by atoms with Gasteiger partial charge in [-0.15, -0.1) is 0 Å². The van der Waals surface area contributed by atoms with Crippen LogP contribution in [0.25, 0.3) is 0 Å². The summed E-state index contributed by atoms with van der Waals surface area (Å²) in [4.78, 5) is 12.0. The topological polar surface area (TPSA) is 77.0 Å². The van der Waals surface area contributed by atoms with Crippen molar-refractivity contribution in [3.05, 3.63) is 23.8 Å². The van der Waals surface area contributed by atoms with Crippen molar-refractivity contribution in [2.24, 2.45) is 0 Å². The fourth-order valence-electron chi connectivity index (χ4n) is 1.99. The summed E-state index contributed by atoms with van der Waals surface area (Å²) in [5.41, 5.74) is 0.169. The van der Waals surface area contributed by atoms with Crippen molar-refractivity contribution in [3.63, 3.8) is 0 Å². The molecule has 1 fully saturated rings. The lowest BCUT2D eigenvalue weighted by molar-refractivity contribution is -0.137. The normalized spacial score (nSPS) is 20.6. The molecule has 1 aliphatic rings. The van der Waals surface area contributed by atoms with Gasteiger partial charge >= 0.3 is 0 Å². The quantitative estimate of drug-likeness (QED) is 0.869. The molecular weight excluding hydrogens is 262 g/mol. The molecule has 1 saturated heterocycles. The van der Waals surface area contributed by atoms with Gasteiger partial charge in [-0.1, -0.05) is 0 Å². The second-order valence-electron chi connectivity index (χ2n) is 5.04. The first-order chi connectivity index (χ1) is 9.41. The second kappa shape index (κ2) is 5.68. The number of benzene rings is 1. The Kier molecular flexibility index (Phi) is 4.15. The van der Waals surface area contributed by atoms with Gasteiger partial charge in [0.1, 0.15) is 17.6 Å². The molecule has 2 rings (SSSR count). The van der Waals surface area contributed by atoms with Crippen LogP contribution in [0.4, 0.5) is 0 Å². The van der Waals surface area contributed by atoms with E-state index in [-0.39, 0.29) is 23.3 Å². The number of hydrogen-bond donors (Lipinski definition) is 2. The summed E-state index contributed by atoms with van der Waals surface area (Å²) in [5, 5.41) is 12.4. The van der Waals surface area contributed by atoms with Gasteiger partial charge in [-0.2, -0.15) is 0 Å². The van der Waals surface area contributed by atoms with E-state index in [0.717, 1.165) is 0 Å². The third kappa shape index (κ3) is 3.40. The lowest BCUT2D eigenvalue weighted by Gasteiger charge is -2.17. The lowest BCUT2D eigenvalue weighted by Crippen LogP contribution is -2.34. The Morgan fingerprint density at radius 3 is 2.90 bits per heavy atom. The third-order valence-electron chi connectivity index (χ3n) is 3.01. The molecular formula is C14H19NO5. The monoisotopic (exact) mass is 281 g/mol. The van der Waals surface area contributed by atoms with E-state index in [9.17, 15) is 9.90 Å². The number of ether oxygens (including phenoxy) is 3. The Balaban J connectivity index is 1.95. The van der Waals surface area contributed by atoms with Gasteiger partial charge in [0.2, 0.25) is 0 Å². The molecule has 1 atom stereocenters. The lowest BCUT2D eigenvalue weighted by atomic mass is 10.1. The number of aromatic hydroxyl groups is 1. The molecule has 6 nitrogen and oxygen atoms in total. The van der Waals surface area contributed by atoms with Gasteiger partial charge in [0, 0.05) is 6.54 Å². The van der Waals surface area contributed by atoms with Crippen molar-refractivity contribution < 1.29 is 24.1 Å². The number of amides is 1. The van der Waals surface area contributed by atoms with Crippen LogP contribution in [-0.4, -0.2) is 43.2 Å². The molecule has 1 aromatic rings. The molecule has 1 aliphatic heterocycles. The minimum absolute atomic E-state index is 0.0905. The first-order valence-electron chi connectivity index (χ1n) is 6.38. The number of rotatable bonds is 4. The second-order valence-corrected chi connectivity index (χ2v) is 5.04. The molecule has 6 heteroatoms. The van der Waals surface area contributed by atoms with Crippen molar-refractivity contribution in [1.29, 1.82) is 0 Å². The predicted octanol–water partition coefficient (Wildman–Crippen LogP) is 1.28. The zero-order valence-corrected chi connectivity index (χ0v) is 11.8. The van der Waals surface area contributed by atoms with Crippen molar-refractivity contribution in [3.8, 4) is 11.5 Å². The zero-order valence-electron chi connectivity index (χ0n) is 11.8. The van der Waals surface area contributed by atoms with Gasteiger partial charge < -0.3 is 24.6 Å². The van der Waals surface area contributed by atoms with Crippen molar-refractivity contribution >= 4 is 5.91 Å². The summed E-state index contributed by atoms with van der Waals surface area (Å²) in [5.74, 6) is -0.579. The maximum absolute atomic E-state index is 12.0. The maximum atomic E-state index is 12.0. The van der Waals surface area contributed by atoms with Gasteiger partial charge in [0.05, 0.1) is 19.3 Å². The van der Waals surface area contributed by atoms with E-state index in [2.05, 4.69) is 5.32 Å². The fraction of sp³-hybridized carbons (Fsp3) is 0.500. The standard InChI is InChI=1S/C14H19NO5/c1-14(2)19-8-10(20-14)7-15-13(17)11-6-9(18-3)4-5-12(11)16/h4-6,10,16H,7-8H2,1-3H3,(H,15,17). The first-order valence-corrected chi connectivity index (χ1v) is 6.38. The number of carbonyl (C=O) groups excluding carboxylic acids is 1. The Bertz CT molecular complexity index is 500. The van der Waals surface area contributed by atoms with Gasteiger partial charge in [0.15, 0.2) is 5.79 Å². The molecule has 20 heavy (non-hydrogen) atoms. The highest BCUT2D eigenvalue weighted by molar-refractivity contribution is 5.97. The van der Waals surface area contributed by atoms with E-state index >= 15 is 0 Å². The van der Waals surface area contributed by atoms with E-state index in [1.165, 1.54) is 19.2 Å². The third-order valence-corrected chi connectivity index (χ3v) is 3.01. The first kappa shape index (κ1) is 14.6. The SMILES string of the molecule is COc1ccc(O)c(C(=O)NCC2COC(C)(C)O2)c1. The Morgan fingerprint density at radius 1 is 1.55 bits per heavy atom. The number of methoxy groups -OCH3 is 1. The van der Waals surface area contributed by atoms with Crippen LogP contribution in [0.2, 0.25) is 0 Å². The highest BCUT2D eigenvalue weighted by atomic mass is 16.7. The van der Waals surface area contributed by atoms with E-state index < -0.39 is 5.79 Å². The van der Waals surface area contributed by atoms with Crippen LogP contribution >= 0.6 is 0 Å². The molecule has 2 N–H and O–H groups in total. The van der Waals surface area contributed by atoms with Crippen molar-refractivity contribution in [2.45, 2.75) is 25.7 Å². The number of carbonyl (C=O) groups is 1. The van der Waals surface area contributed by atoms with Crippen LogP contribution in [0.3, 0.4) is 0 Å². The number of phenols is 1. The Morgan fingerprint density at radius 2 is 2.30 bits per heavy atom. The van der Waals surface area contributed by atoms with E-state index in [1.807, 2.05) is 13.8 Å². The van der Waals surface area contributed by atoms with Crippen LogP contribution in [0.15, 0.2) is 18.2 Å². The van der Waals surface area contributed by atoms with Crippen LogP contribution < -0.4 is 10.1 Å². The number of phenolic OH excluding ortho intramolecular Hbond substituents is 1. The highest BCUT2D eigenvalue weighted by Crippen LogP contribution is 2.24. The average molecular weight is 281 g/mol. The molecule has 0 saturated carbocycles. The van der Waals surface area contributed by atoms with Crippen LogP contribution in [-0.2, 0) is 9.47 Å². The fourth-order valence-corrected chi connectivity index (χ4v) is 1.99. The summed E-state index contributed by atoms with van der Waals surface area (Å²) < 4.78 is 16.0. The average Bonchev–Trinajstić information content (AvgIpc) is 2.76. The maximum Gasteiger partial charge on any atom is 0.255 e. The van der Waals surface area contributed by atoms with Crippen LogP contribution in [0.5, 0.6) is 11.5 Å². The zero-order chi connectivity index (χ0) is 14.8. The van der Waals surface area contributed by atoms with Gasteiger partial charge in [-0.25, -0.2) is 0 Å². The largest absolute Gasteiger partial charge is 0.507 e. The molecule has 110 valence electrons. The molecule has 0 radical (unpaired) electrons. The van der Waals surface area contributed by atoms with Crippen LogP contribution in [0, 0.1) is 0 Å². The molecule has 1 heterocycles. The van der Waals surface area contributed by atoms with Crippen molar-refractivity contribution in [2.75, 3.05) is 20.3 Å².